The van der Waals surface area contributed by atoms with Crippen LogP contribution in [-0.2, 0) is 6.54 Å². The van der Waals surface area contributed by atoms with Gasteiger partial charge in [0, 0.05) is 24.7 Å². The molecule has 1 aromatic carbocycles. The molecule has 0 spiro atoms. The lowest BCUT2D eigenvalue weighted by Crippen LogP contribution is -2.37. The van der Waals surface area contributed by atoms with E-state index in [-0.39, 0.29) is 0 Å². The summed E-state index contributed by atoms with van der Waals surface area (Å²) in [4.78, 5) is 4.61. The van der Waals surface area contributed by atoms with Gasteiger partial charge in [0.15, 0.2) is 17.5 Å². The predicted molar refractivity (Wildman–Crippen MR) is 93.8 cm³/mol. The van der Waals surface area contributed by atoms with Crippen molar-refractivity contribution in [3.05, 3.63) is 17.7 Å². The summed E-state index contributed by atoms with van der Waals surface area (Å²) in [6, 6.07) is 3.72. The van der Waals surface area contributed by atoms with Gasteiger partial charge in [0.25, 0.3) is 0 Å². The van der Waals surface area contributed by atoms with Gasteiger partial charge in [-0.15, -0.1) is 0 Å². The molecule has 1 aromatic rings. The molecular weight excluding hydrogens is 294 g/mol. The van der Waals surface area contributed by atoms with E-state index in [0.29, 0.717) is 18.0 Å². The van der Waals surface area contributed by atoms with Crippen molar-refractivity contribution in [2.45, 2.75) is 33.2 Å². The molecule has 1 rings (SSSR count). The highest BCUT2D eigenvalue weighted by Gasteiger charge is 2.11. The zero-order chi connectivity index (χ0) is 17.1. The standard InChI is InChI=1S/C17H29N3O3/c1-6-8-9-19-17(18-7-2)20-12-13-10-15(22-4)16(23-5)11-14(13)21-3/h10-11H,6-9,12H2,1-5H3,(H2,18,19,20). The number of guanidine groups is 1. The summed E-state index contributed by atoms with van der Waals surface area (Å²) in [6.45, 7) is 6.44. The van der Waals surface area contributed by atoms with Crippen LogP contribution in [-0.4, -0.2) is 40.4 Å². The van der Waals surface area contributed by atoms with Gasteiger partial charge in [-0.25, -0.2) is 4.99 Å². The first-order valence-electron chi connectivity index (χ1n) is 8.01. The van der Waals surface area contributed by atoms with Crippen LogP contribution in [0.1, 0.15) is 32.3 Å². The number of aliphatic imine (C=N–C) groups is 1. The van der Waals surface area contributed by atoms with Crippen LogP contribution in [0, 0.1) is 0 Å². The van der Waals surface area contributed by atoms with E-state index in [4.69, 9.17) is 14.2 Å². The van der Waals surface area contributed by atoms with E-state index in [9.17, 15) is 0 Å². The molecule has 0 radical (unpaired) electrons. The fourth-order valence-electron chi connectivity index (χ4n) is 2.11. The van der Waals surface area contributed by atoms with E-state index < -0.39 is 0 Å². The Kier molecular flexibility index (Phi) is 8.72. The molecule has 0 heterocycles. The molecular formula is C17H29N3O3. The molecule has 6 nitrogen and oxygen atoms in total. The van der Waals surface area contributed by atoms with Crippen molar-refractivity contribution >= 4 is 5.96 Å². The number of unbranched alkanes of at least 4 members (excludes halogenated alkanes) is 1. The second kappa shape index (κ2) is 10.6. The third kappa shape index (κ3) is 5.88. The van der Waals surface area contributed by atoms with E-state index in [1.54, 1.807) is 21.3 Å². The summed E-state index contributed by atoms with van der Waals surface area (Å²) in [7, 11) is 4.86. The number of ether oxygens (including phenoxy) is 3. The second-order valence-electron chi connectivity index (χ2n) is 4.99. The Bertz CT molecular complexity index is 504. The number of hydrogen-bond acceptors (Lipinski definition) is 4. The van der Waals surface area contributed by atoms with Crippen molar-refractivity contribution in [2.24, 2.45) is 4.99 Å². The number of nitrogens with one attached hydrogen (secondary N) is 2. The number of nitrogens with zero attached hydrogens (tertiary/aromatic N) is 1. The molecule has 0 aliphatic heterocycles. The third-order valence-corrected chi connectivity index (χ3v) is 3.36. The molecule has 2 N–H and O–H groups in total. The van der Waals surface area contributed by atoms with Crippen LogP contribution in [0.4, 0.5) is 0 Å². The molecule has 0 saturated heterocycles. The summed E-state index contributed by atoms with van der Waals surface area (Å²) >= 11 is 0. The Hall–Kier alpha value is -2.11. The van der Waals surface area contributed by atoms with Gasteiger partial charge in [-0.2, -0.15) is 0 Å². The zero-order valence-corrected chi connectivity index (χ0v) is 14.9. The topological polar surface area (TPSA) is 64.1 Å². The van der Waals surface area contributed by atoms with E-state index in [2.05, 4.69) is 22.5 Å². The normalized spacial score (nSPS) is 11.1. The van der Waals surface area contributed by atoms with Gasteiger partial charge in [-0.3, -0.25) is 0 Å². The largest absolute Gasteiger partial charge is 0.496 e. The van der Waals surface area contributed by atoms with Crippen LogP contribution < -0.4 is 24.8 Å². The Morgan fingerprint density at radius 1 is 0.957 bits per heavy atom. The Morgan fingerprint density at radius 3 is 2.17 bits per heavy atom. The summed E-state index contributed by atoms with van der Waals surface area (Å²) in [6.07, 6.45) is 2.26. The minimum Gasteiger partial charge on any atom is -0.496 e. The fourth-order valence-corrected chi connectivity index (χ4v) is 2.11. The van der Waals surface area contributed by atoms with Crippen LogP contribution in [0.5, 0.6) is 17.2 Å². The molecule has 0 aliphatic carbocycles. The van der Waals surface area contributed by atoms with Gasteiger partial charge in [-0.05, 0) is 19.4 Å². The van der Waals surface area contributed by atoms with Crippen LogP contribution in [0.3, 0.4) is 0 Å². The molecule has 0 amide bonds. The van der Waals surface area contributed by atoms with Crippen LogP contribution in [0.2, 0.25) is 0 Å². The van der Waals surface area contributed by atoms with Gasteiger partial charge >= 0.3 is 0 Å². The molecule has 0 unspecified atom stereocenters. The first-order chi connectivity index (χ1) is 11.2. The van der Waals surface area contributed by atoms with Gasteiger partial charge in [0.05, 0.1) is 27.9 Å². The maximum absolute atomic E-state index is 5.43. The summed E-state index contributed by atoms with van der Waals surface area (Å²) < 4.78 is 16.1. The lowest BCUT2D eigenvalue weighted by atomic mass is 10.1. The molecule has 130 valence electrons. The van der Waals surface area contributed by atoms with Crippen molar-refractivity contribution in [1.29, 1.82) is 0 Å². The molecule has 23 heavy (non-hydrogen) atoms. The molecule has 0 aliphatic rings. The molecule has 0 bridgehead atoms. The quantitative estimate of drug-likeness (QED) is 0.415. The predicted octanol–water partition coefficient (Wildman–Crippen LogP) is 2.57. The van der Waals surface area contributed by atoms with E-state index in [1.165, 1.54) is 0 Å². The van der Waals surface area contributed by atoms with Crippen molar-refractivity contribution in [2.75, 3.05) is 34.4 Å². The van der Waals surface area contributed by atoms with Crippen molar-refractivity contribution in [1.82, 2.24) is 10.6 Å². The van der Waals surface area contributed by atoms with Crippen molar-refractivity contribution in [3.63, 3.8) is 0 Å². The molecule has 0 atom stereocenters. The minimum atomic E-state index is 0.491. The van der Waals surface area contributed by atoms with Gasteiger partial charge in [0.1, 0.15) is 5.75 Å². The number of hydrogen-bond donors (Lipinski definition) is 2. The third-order valence-electron chi connectivity index (χ3n) is 3.36. The lowest BCUT2D eigenvalue weighted by molar-refractivity contribution is 0.347. The second-order valence-corrected chi connectivity index (χ2v) is 4.99. The highest BCUT2D eigenvalue weighted by Crippen LogP contribution is 2.34. The SMILES string of the molecule is CCCCNC(=NCc1cc(OC)c(OC)cc1OC)NCC. The molecule has 0 saturated carbocycles. The minimum absolute atomic E-state index is 0.491. The maximum atomic E-state index is 5.43. The first kappa shape index (κ1) is 18.9. The fraction of sp³-hybridized carbons (Fsp3) is 0.588. The Morgan fingerprint density at radius 2 is 1.61 bits per heavy atom. The zero-order valence-electron chi connectivity index (χ0n) is 14.9. The lowest BCUT2D eigenvalue weighted by Gasteiger charge is -2.14. The molecule has 0 aromatic heterocycles. The summed E-state index contributed by atoms with van der Waals surface area (Å²) in [5, 5.41) is 6.57. The average Bonchev–Trinajstić information content (AvgIpc) is 2.58. The molecule has 6 heteroatoms. The van der Waals surface area contributed by atoms with Crippen molar-refractivity contribution in [3.8, 4) is 17.2 Å². The first-order valence-corrected chi connectivity index (χ1v) is 8.01. The molecule has 0 fully saturated rings. The smallest absolute Gasteiger partial charge is 0.191 e. The Labute approximate surface area is 139 Å². The van der Waals surface area contributed by atoms with Gasteiger partial charge < -0.3 is 24.8 Å². The number of rotatable bonds is 9. The van der Waals surface area contributed by atoms with Crippen molar-refractivity contribution < 1.29 is 14.2 Å². The highest BCUT2D eigenvalue weighted by molar-refractivity contribution is 5.79. The Balaban J connectivity index is 2.93. The van der Waals surface area contributed by atoms with Crippen LogP contribution in [0.15, 0.2) is 17.1 Å². The van der Waals surface area contributed by atoms with Crippen LogP contribution >= 0.6 is 0 Å². The van der Waals surface area contributed by atoms with E-state index in [1.807, 2.05) is 19.1 Å². The summed E-state index contributed by atoms with van der Waals surface area (Å²) in [5.74, 6) is 2.85. The maximum Gasteiger partial charge on any atom is 0.191 e. The van der Waals surface area contributed by atoms with Gasteiger partial charge in [-0.1, -0.05) is 13.3 Å². The monoisotopic (exact) mass is 323 g/mol. The summed E-state index contributed by atoms with van der Waals surface area (Å²) in [5.41, 5.74) is 0.942. The van der Waals surface area contributed by atoms with Gasteiger partial charge in [0.2, 0.25) is 0 Å². The van der Waals surface area contributed by atoms with Crippen LogP contribution in [0.25, 0.3) is 0 Å². The average molecular weight is 323 g/mol. The number of benzene rings is 1. The number of methoxy groups -OCH3 is 3. The highest BCUT2D eigenvalue weighted by atomic mass is 16.5. The van der Waals surface area contributed by atoms with E-state index >= 15 is 0 Å². The van der Waals surface area contributed by atoms with E-state index in [0.717, 1.165) is 43.2 Å².